The minimum atomic E-state index is 0.887. The van der Waals surface area contributed by atoms with E-state index in [0.29, 0.717) is 0 Å². The molecule has 1 N–H and O–H groups in total. The molecule has 1 fully saturated rings. The Kier molecular flexibility index (Phi) is 2.40. The van der Waals surface area contributed by atoms with Gasteiger partial charge in [-0.3, -0.25) is 4.68 Å². The highest BCUT2D eigenvalue weighted by atomic mass is 15.3. The zero-order valence-electron chi connectivity index (χ0n) is 9.61. The highest BCUT2D eigenvalue weighted by molar-refractivity contribution is 5.81. The molecule has 3 nitrogen and oxygen atoms in total. The minimum absolute atomic E-state index is 0.887. The SMILES string of the molecule is Cn1nc(CNCC2CC2)c2ccccc21. The van der Waals surface area contributed by atoms with Gasteiger partial charge in [0.1, 0.15) is 0 Å². The number of hydrogen-bond donors (Lipinski definition) is 1. The highest BCUT2D eigenvalue weighted by Crippen LogP contribution is 2.27. The van der Waals surface area contributed by atoms with Crippen LogP contribution in [-0.2, 0) is 13.6 Å². The summed E-state index contributed by atoms with van der Waals surface area (Å²) < 4.78 is 1.96. The molecule has 0 radical (unpaired) electrons. The molecule has 0 spiro atoms. The van der Waals surface area contributed by atoms with Gasteiger partial charge in [-0.1, -0.05) is 18.2 Å². The van der Waals surface area contributed by atoms with Crippen molar-refractivity contribution in [3.05, 3.63) is 30.0 Å². The molecule has 0 atom stereocenters. The number of aromatic nitrogens is 2. The molecule has 0 bridgehead atoms. The van der Waals surface area contributed by atoms with Crippen LogP contribution in [0, 0.1) is 5.92 Å². The zero-order chi connectivity index (χ0) is 11.0. The standard InChI is InChI=1S/C13H17N3/c1-16-13-5-3-2-4-11(13)12(15-16)9-14-8-10-6-7-10/h2-5,10,14H,6-9H2,1H3. The van der Waals surface area contributed by atoms with E-state index >= 15 is 0 Å². The lowest BCUT2D eigenvalue weighted by molar-refractivity contribution is 0.622. The summed E-state index contributed by atoms with van der Waals surface area (Å²) in [5, 5.41) is 9.33. The molecule has 0 unspecified atom stereocenters. The van der Waals surface area contributed by atoms with Crippen LogP contribution in [0.1, 0.15) is 18.5 Å². The lowest BCUT2D eigenvalue weighted by atomic mass is 10.2. The minimum Gasteiger partial charge on any atom is -0.311 e. The van der Waals surface area contributed by atoms with Crippen LogP contribution >= 0.6 is 0 Å². The quantitative estimate of drug-likeness (QED) is 0.846. The average Bonchev–Trinajstić information content (AvgIpc) is 3.06. The molecule has 1 aromatic heterocycles. The van der Waals surface area contributed by atoms with Crippen LogP contribution in [-0.4, -0.2) is 16.3 Å². The first-order valence-corrected chi connectivity index (χ1v) is 5.96. The van der Waals surface area contributed by atoms with Crippen LogP contribution in [0.5, 0.6) is 0 Å². The third kappa shape index (κ3) is 1.83. The first-order valence-electron chi connectivity index (χ1n) is 5.96. The van der Waals surface area contributed by atoms with Gasteiger partial charge in [0.25, 0.3) is 0 Å². The summed E-state index contributed by atoms with van der Waals surface area (Å²) in [7, 11) is 2.01. The number of fused-ring (bicyclic) bond motifs is 1. The number of rotatable bonds is 4. The topological polar surface area (TPSA) is 29.9 Å². The molecule has 84 valence electrons. The predicted molar refractivity (Wildman–Crippen MR) is 65.1 cm³/mol. The Bertz CT molecular complexity index is 497. The second kappa shape index (κ2) is 3.91. The number of benzene rings is 1. The van der Waals surface area contributed by atoms with E-state index in [-0.39, 0.29) is 0 Å². The maximum Gasteiger partial charge on any atom is 0.0841 e. The molecule has 1 aliphatic rings. The molecule has 1 aliphatic carbocycles. The van der Waals surface area contributed by atoms with Crippen LogP contribution in [0.2, 0.25) is 0 Å². The van der Waals surface area contributed by atoms with Crippen LogP contribution in [0.15, 0.2) is 24.3 Å². The second-order valence-corrected chi connectivity index (χ2v) is 4.66. The van der Waals surface area contributed by atoms with E-state index in [1.807, 2.05) is 11.7 Å². The van der Waals surface area contributed by atoms with Crippen molar-refractivity contribution in [3.63, 3.8) is 0 Å². The van der Waals surface area contributed by atoms with Crippen LogP contribution < -0.4 is 5.32 Å². The van der Waals surface area contributed by atoms with Crippen molar-refractivity contribution < 1.29 is 0 Å². The smallest absolute Gasteiger partial charge is 0.0841 e. The Labute approximate surface area is 95.5 Å². The average molecular weight is 215 g/mol. The van der Waals surface area contributed by atoms with Gasteiger partial charge in [-0.05, 0) is 31.4 Å². The summed E-state index contributed by atoms with van der Waals surface area (Å²) in [6, 6.07) is 8.41. The molecule has 3 heteroatoms. The number of nitrogens with one attached hydrogen (secondary N) is 1. The summed E-state index contributed by atoms with van der Waals surface area (Å²) >= 11 is 0. The van der Waals surface area contributed by atoms with Gasteiger partial charge in [-0.15, -0.1) is 0 Å². The first-order chi connectivity index (χ1) is 7.84. The monoisotopic (exact) mass is 215 g/mol. The Hall–Kier alpha value is -1.35. The van der Waals surface area contributed by atoms with Crippen molar-refractivity contribution in [2.45, 2.75) is 19.4 Å². The lowest BCUT2D eigenvalue weighted by Gasteiger charge is -2.00. The molecule has 1 aromatic carbocycles. The fourth-order valence-electron chi connectivity index (χ4n) is 2.14. The van der Waals surface area contributed by atoms with E-state index in [2.05, 4.69) is 34.7 Å². The molecule has 2 aromatic rings. The number of hydrogen-bond acceptors (Lipinski definition) is 2. The van der Waals surface area contributed by atoms with E-state index in [0.717, 1.165) is 19.0 Å². The number of aryl methyl sites for hydroxylation is 1. The van der Waals surface area contributed by atoms with Crippen molar-refractivity contribution >= 4 is 10.9 Å². The molecule has 3 rings (SSSR count). The van der Waals surface area contributed by atoms with E-state index in [1.54, 1.807) is 0 Å². The molecular weight excluding hydrogens is 198 g/mol. The summed E-state index contributed by atoms with van der Waals surface area (Å²) in [4.78, 5) is 0. The fourth-order valence-corrected chi connectivity index (χ4v) is 2.14. The molecule has 1 heterocycles. The maximum atomic E-state index is 4.56. The van der Waals surface area contributed by atoms with Crippen LogP contribution in [0.3, 0.4) is 0 Å². The van der Waals surface area contributed by atoms with Crippen molar-refractivity contribution in [2.24, 2.45) is 13.0 Å². The second-order valence-electron chi connectivity index (χ2n) is 4.66. The van der Waals surface area contributed by atoms with Crippen LogP contribution in [0.25, 0.3) is 10.9 Å². The largest absolute Gasteiger partial charge is 0.311 e. The van der Waals surface area contributed by atoms with Crippen molar-refractivity contribution in [1.82, 2.24) is 15.1 Å². The fraction of sp³-hybridized carbons (Fsp3) is 0.462. The Morgan fingerprint density at radius 2 is 2.19 bits per heavy atom. The molecule has 0 saturated heterocycles. The van der Waals surface area contributed by atoms with E-state index in [4.69, 9.17) is 0 Å². The van der Waals surface area contributed by atoms with Gasteiger partial charge < -0.3 is 5.32 Å². The van der Waals surface area contributed by atoms with Crippen molar-refractivity contribution in [1.29, 1.82) is 0 Å². The van der Waals surface area contributed by atoms with Gasteiger partial charge in [-0.2, -0.15) is 5.10 Å². The lowest BCUT2D eigenvalue weighted by Crippen LogP contribution is -2.16. The third-order valence-electron chi connectivity index (χ3n) is 3.26. The van der Waals surface area contributed by atoms with E-state index in [9.17, 15) is 0 Å². The molecule has 1 saturated carbocycles. The highest BCUT2D eigenvalue weighted by Gasteiger charge is 2.20. The maximum absolute atomic E-state index is 4.56. The molecule has 0 aliphatic heterocycles. The first kappa shape index (κ1) is 9.85. The number of nitrogens with zero attached hydrogens (tertiary/aromatic N) is 2. The molecule has 0 amide bonds. The Balaban J connectivity index is 1.79. The van der Waals surface area contributed by atoms with Crippen molar-refractivity contribution in [2.75, 3.05) is 6.54 Å². The van der Waals surface area contributed by atoms with Gasteiger partial charge in [0.2, 0.25) is 0 Å². The molecular formula is C13H17N3. The van der Waals surface area contributed by atoms with Gasteiger partial charge in [0, 0.05) is 19.0 Å². The summed E-state index contributed by atoms with van der Waals surface area (Å²) in [6.07, 6.45) is 2.80. The van der Waals surface area contributed by atoms with Crippen LogP contribution in [0.4, 0.5) is 0 Å². The zero-order valence-corrected chi connectivity index (χ0v) is 9.61. The predicted octanol–water partition coefficient (Wildman–Crippen LogP) is 2.07. The van der Waals surface area contributed by atoms with Gasteiger partial charge >= 0.3 is 0 Å². The third-order valence-corrected chi connectivity index (χ3v) is 3.26. The summed E-state index contributed by atoms with van der Waals surface area (Å²) in [6.45, 7) is 2.03. The Morgan fingerprint density at radius 1 is 1.38 bits per heavy atom. The van der Waals surface area contributed by atoms with Crippen molar-refractivity contribution in [3.8, 4) is 0 Å². The Morgan fingerprint density at radius 3 is 3.00 bits per heavy atom. The van der Waals surface area contributed by atoms with Gasteiger partial charge in [0.05, 0.1) is 11.2 Å². The molecule has 16 heavy (non-hydrogen) atoms. The van der Waals surface area contributed by atoms with Gasteiger partial charge in [0.15, 0.2) is 0 Å². The normalized spacial score (nSPS) is 15.8. The van der Waals surface area contributed by atoms with E-state index < -0.39 is 0 Å². The summed E-state index contributed by atoms with van der Waals surface area (Å²) in [5.41, 5.74) is 2.38. The number of para-hydroxylation sites is 1. The summed E-state index contributed by atoms with van der Waals surface area (Å²) in [5.74, 6) is 0.926. The van der Waals surface area contributed by atoms with E-state index in [1.165, 1.54) is 29.4 Å². The van der Waals surface area contributed by atoms with Gasteiger partial charge in [-0.25, -0.2) is 0 Å².